The van der Waals surface area contributed by atoms with Gasteiger partial charge in [-0.2, -0.15) is 0 Å². The summed E-state index contributed by atoms with van der Waals surface area (Å²) in [6.45, 7) is 4.16. The number of nitrogens with zero attached hydrogens (tertiary/aromatic N) is 2. The van der Waals surface area contributed by atoms with Crippen LogP contribution in [0.5, 0.6) is 0 Å². The quantitative estimate of drug-likeness (QED) is 0.529. The Morgan fingerprint density at radius 3 is 2.70 bits per heavy atom. The second kappa shape index (κ2) is 7.25. The molecule has 0 radical (unpaired) electrons. The van der Waals surface area contributed by atoms with Crippen LogP contribution in [0.15, 0.2) is 70.7 Å². The smallest absolute Gasteiger partial charge is 0.260 e. The highest BCUT2D eigenvalue weighted by molar-refractivity contribution is 7.99. The molecular formula is C21H18N4OS. The van der Waals surface area contributed by atoms with Crippen molar-refractivity contribution in [1.82, 2.24) is 15.0 Å². The first kappa shape index (κ1) is 17.3. The highest BCUT2D eigenvalue weighted by Crippen LogP contribution is 2.30. The number of carbonyl (C=O) groups is 1. The molecule has 134 valence electrons. The Hall–Kier alpha value is -3.12. The van der Waals surface area contributed by atoms with Crippen LogP contribution in [0.1, 0.15) is 21.5 Å². The van der Waals surface area contributed by atoms with Gasteiger partial charge in [0.2, 0.25) is 5.95 Å². The molecule has 0 fully saturated rings. The van der Waals surface area contributed by atoms with Gasteiger partial charge in [-0.15, -0.1) is 0 Å². The van der Waals surface area contributed by atoms with Gasteiger partial charge in [0.25, 0.3) is 5.91 Å². The molecule has 0 saturated heterocycles. The number of aromatic amines is 1. The monoisotopic (exact) mass is 374 g/mol. The molecule has 0 spiro atoms. The maximum absolute atomic E-state index is 12.8. The summed E-state index contributed by atoms with van der Waals surface area (Å²) in [6, 6.07) is 17.4. The average Bonchev–Trinajstić information content (AvgIpc) is 3.07. The summed E-state index contributed by atoms with van der Waals surface area (Å²) < 4.78 is 0. The first-order chi connectivity index (χ1) is 13.1. The van der Waals surface area contributed by atoms with Crippen molar-refractivity contribution >= 4 is 34.7 Å². The van der Waals surface area contributed by atoms with Gasteiger partial charge in [-0.05, 0) is 61.4 Å². The van der Waals surface area contributed by atoms with Gasteiger partial charge < -0.3 is 4.98 Å². The van der Waals surface area contributed by atoms with Gasteiger partial charge in [0.15, 0.2) is 0 Å². The van der Waals surface area contributed by atoms with Gasteiger partial charge in [-0.3, -0.25) is 10.1 Å². The van der Waals surface area contributed by atoms with E-state index in [2.05, 4.69) is 46.2 Å². The van der Waals surface area contributed by atoms with Crippen LogP contribution in [-0.4, -0.2) is 20.9 Å². The maximum atomic E-state index is 12.8. The summed E-state index contributed by atoms with van der Waals surface area (Å²) in [7, 11) is 0. The summed E-state index contributed by atoms with van der Waals surface area (Å²) in [5, 5.41) is 3.50. The van der Waals surface area contributed by atoms with Crippen LogP contribution in [0.4, 0.5) is 5.95 Å². The molecule has 1 amide bonds. The summed E-state index contributed by atoms with van der Waals surface area (Å²) in [4.78, 5) is 25.8. The maximum Gasteiger partial charge on any atom is 0.260 e. The van der Waals surface area contributed by atoms with Crippen molar-refractivity contribution in [2.45, 2.75) is 23.8 Å². The molecule has 27 heavy (non-hydrogen) atoms. The third-order valence-electron chi connectivity index (χ3n) is 4.33. The minimum absolute atomic E-state index is 0.242. The molecule has 2 N–H and O–H groups in total. The summed E-state index contributed by atoms with van der Waals surface area (Å²) in [5.41, 5.74) is 4.65. The molecule has 2 aromatic heterocycles. The average molecular weight is 374 g/mol. The van der Waals surface area contributed by atoms with Crippen LogP contribution >= 0.6 is 11.8 Å². The Bertz CT molecular complexity index is 1100. The van der Waals surface area contributed by atoms with Gasteiger partial charge in [0, 0.05) is 11.1 Å². The number of carbonyl (C=O) groups excluding carboxylic acids is 1. The SMILES string of the molecule is Cc1ccc(Sc2ncccc2C(=O)Nc2nc3ccccc3[nH]2)cc1C. The number of pyridine rings is 1. The number of H-pyrrole nitrogens is 1. The molecular weight excluding hydrogens is 356 g/mol. The minimum atomic E-state index is -0.242. The largest absolute Gasteiger partial charge is 0.324 e. The molecule has 0 aliphatic rings. The number of imidazole rings is 1. The van der Waals surface area contributed by atoms with E-state index in [1.165, 1.54) is 22.9 Å². The van der Waals surface area contributed by atoms with E-state index < -0.39 is 0 Å². The molecule has 6 heteroatoms. The van der Waals surface area contributed by atoms with Crippen molar-refractivity contribution in [3.8, 4) is 0 Å². The fourth-order valence-corrected chi connectivity index (χ4v) is 3.70. The van der Waals surface area contributed by atoms with E-state index in [4.69, 9.17) is 0 Å². The van der Waals surface area contributed by atoms with E-state index in [0.29, 0.717) is 16.5 Å². The first-order valence-corrected chi connectivity index (χ1v) is 9.38. The lowest BCUT2D eigenvalue weighted by molar-refractivity contribution is 0.102. The predicted molar refractivity (Wildman–Crippen MR) is 108 cm³/mol. The number of hydrogen-bond donors (Lipinski definition) is 2. The standard InChI is InChI=1S/C21H18N4OS/c1-13-9-10-15(12-14(13)2)27-20-16(6-5-11-22-20)19(26)25-21-23-17-7-3-4-8-18(17)24-21/h3-12H,1-2H3,(H2,23,24,25,26). The van der Waals surface area contributed by atoms with E-state index in [-0.39, 0.29) is 5.91 Å². The van der Waals surface area contributed by atoms with Crippen molar-refractivity contribution in [3.05, 3.63) is 77.5 Å². The lowest BCUT2D eigenvalue weighted by Gasteiger charge is -2.09. The van der Waals surface area contributed by atoms with Crippen LogP contribution in [0, 0.1) is 13.8 Å². The number of aromatic nitrogens is 3. The van der Waals surface area contributed by atoms with E-state index in [1.807, 2.05) is 30.3 Å². The second-order valence-corrected chi connectivity index (χ2v) is 7.32. The van der Waals surface area contributed by atoms with Crippen LogP contribution in [0.25, 0.3) is 11.0 Å². The van der Waals surface area contributed by atoms with E-state index >= 15 is 0 Å². The van der Waals surface area contributed by atoms with Gasteiger partial charge in [-0.1, -0.05) is 30.0 Å². The minimum Gasteiger partial charge on any atom is -0.324 e. The molecule has 5 nitrogen and oxygen atoms in total. The summed E-state index contributed by atoms with van der Waals surface area (Å²) in [5.74, 6) is 0.181. The van der Waals surface area contributed by atoms with Gasteiger partial charge in [0.05, 0.1) is 16.6 Å². The number of hydrogen-bond acceptors (Lipinski definition) is 4. The number of fused-ring (bicyclic) bond motifs is 1. The second-order valence-electron chi connectivity index (χ2n) is 6.26. The predicted octanol–water partition coefficient (Wildman–Crippen LogP) is 4.98. The number of para-hydroxylation sites is 2. The zero-order valence-electron chi connectivity index (χ0n) is 15.0. The number of benzene rings is 2. The molecule has 0 aliphatic carbocycles. The number of amides is 1. The van der Waals surface area contributed by atoms with Crippen LogP contribution in [0.2, 0.25) is 0 Å². The van der Waals surface area contributed by atoms with Crippen molar-refractivity contribution in [3.63, 3.8) is 0 Å². The number of anilines is 1. The third kappa shape index (κ3) is 3.71. The highest BCUT2D eigenvalue weighted by atomic mass is 32.2. The fraction of sp³-hybridized carbons (Fsp3) is 0.0952. The van der Waals surface area contributed by atoms with Crippen LogP contribution in [0.3, 0.4) is 0 Å². The zero-order valence-corrected chi connectivity index (χ0v) is 15.8. The van der Waals surface area contributed by atoms with Crippen LogP contribution < -0.4 is 5.32 Å². The Morgan fingerprint density at radius 2 is 1.89 bits per heavy atom. The van der Waals surface area contributed by atoms with Crippen molar-refractivity contribution in [2.75, 3.05) is 5.32 Å². The first-order valence-electron chi connectivity index (χ1n) is 8.56. The molecule has 4 rings (SSSR count). The summed E-state index contributed by atoms with van der Waals surface area (Å²) in [6.07, 6.45) is 1.70. The van der Waals surface area contributed by atoms with Gasteiger partial charge in [-0.25, -0.2) is 9.97 Å². The molecule has 0 saturated carbocycles. The molecule has 2 heterocycles. The lowest BCUT2D eigenvalue weighted by atomic mass is 10.1. The summed E-state index contributed by atoms with van der Waals surface area (Å²) >= 11 is 1.48. The van der Waals surface area contributed by atoms with Gasteiger partial charge >= 0.3 is 0 Å². The fourth-order valence-electron chi connectivity index (χ4n) is 2.72. The normalized spacial score (nSPS) is 10.9. The highest BCUT2D eigenvalue weighted by Gasteiger charge is 2.15. The van der Waals surface area contributed by atoms with E-state index in [9.17, 15) is 4.79 Å². The molecule has 0 atom stereocenters. The van der Waals surface area contributed by atoms with Crippen LogP contribution in [-0.2, 0) is 0 Å². The van der Waals surface area contributed by atoms with Crippen molar-refractivity contribution in [1.29, 1.82) is 0 Å². The number of nitrogens with one attached hydrogen (secondary N) is 2. The van der Waals surface area contributed by atoms with Crippen molar-refractivity contribution in [2.24, 2.45) is 0 Å². The van der Waals surface area contributed by atoms with Gasteiger partial charge in [0.1, 0.15) is 5.03 Å². The molecule has 0 unspecified atom stereocenters. The zero-order chi connectivity index (χ0) is 18.8. The third-order valence-corrected chi connectivity index (χ3v) is 5.34. The number of rotatable bonds is 4. The molecule has 2 aromatic carbocycles. The lowest BCUT2D eigenvalue weighted by Crippen LogP contribution is -2.14. The Morgan fingerprint density at radius 1 is 1.04 bits per heavy atom. The topological polar surface area (TPSA) is 70.7 Å². The Balaban J connectivity index is 1.59. The number of aryl methyl sites for hydroxylation is 2. The molecule has 0 bridgehead atoms. The Labute approximate surface area is 161 Å². The molecule has 0 aliphatic heterocycles. The van der Waals surface area contributed by atoms with Crippen molar-refractivity contribution < 1.29 is 4.79 Å². The van der Waals surface area contributed by atoms with E-state index in [1.54, 1.807) is 18.3 Å². The Kier molecular flexibility index (Phi) is 4.64. The van der Waals surface area contributed by atoms with E-state index in [0.717, 1.165) is 15.9 Å². The molecule has 4 aromatic rings.